The van der Waals surface area contributed by atoms with Crippen LogP contribution in [0.4, 0.5) is 5.69 Å². The van der Waals surface area contributed by atoms with Crippen LogP contribution in [-0.2, 0) is 6.42 Å². The molecule has 1 atom stereocenters. The maximum atomic E-state index is 6.04. The Kier molecular flexibility index (Phi) is 6.67. The number of nitrogen functional groups attached to an aromatic ring is 1. The summed E-state index contributed by atoms with van der Waals surface area (Å²) in [6.45, 7) is 3.29. The highest BCUT2D eigenvalue weighted by atomic mass is 32.2. The third kappa shape index (κ3) is 4.98. The first-order chi connectivity index (χ1) is 9.79. The molecule has 1 aliphatic carbocycles. The Morgan fingerprint density at radius 3 is 2.95 bits per heavy atom. The van der Waals surface area contributed by atoms with Crippen LogP contribution in [0.15, 0.2) is 18.5 Å². The predicted octanol–water partition coefficient (Wildman–Crippen LogP) is 3.25. The van der Waals surface area contributed by atoms with Gasteiger partial charge in [-0.05, 0) is 43.9 Å². The molecule has 1 aliphatic rings. The molecule has 0 aliphatic heterocycles. The molecule has 1 aromatic rings. The lowest BCUT2D eigenvalue weighted by Gasteiger charge is -2.20. The van der Waals surface area contributed by atoms with E-state index in [-0.39, 0.29) is 0 Å². The highest BCUT2D eigenvalue weighted by molar-refractivity contribution is 7.99. The number of nitrogens with two attached hydrogens (primary N) is 1. The summed E-state index contributed by atoms with van der Waals surface area (Å²) in [7, 11) is 0. The average molecular weight is 293 g/mol. The van der Waals surface area contributed by atoms with Crippen LogP contribution in [0.2, 0.25) is 0 Å². The quantitative estimate of drug-likeness (QED) is 0.772. The Hall–Kier alpha value is -0.740. The number of nitrogens with zero attached hydrogens (tertiary/aromatic N) is 1. The van der Waals surface area contributed by atoms with Gasteiger partial charge in [-0.2, -0.15) is 11.8 Å². The fourth-order valence-electron chi connectivity index (χ4n) is 2.72. The molecular formula is C16H27N3S. The van der Waals surface area contributed by atoms with Crippen LogP contribution in [0, 0.1) is 0 Å². The Balaban J connectivity index is 1.87. The van der Waals surface area contributed by atoms with Crippen molar-refractivity contribution in [3.63, 3.8) is 0 Å². The minimum atomic E-state index is 0.507. The van der Waals surface area contributed by atoms with E-state index >= 15 is 0 Å². The maximum absolute atomic E-state index is 6.04. The van der Waals surface area contributed by atoms with Crippen molar-refractivity contribution in [2.75, 3.05) is 18.0 Å². The zero-order chi connectivity index (χ0) is 14.2. The molecule has 0 bridgehead atoms. The fraction of sp³-hybridized carbons (Fsp3) is 0.688. The van der Waals surface area contributed by atoms with Gasteiger partial charge in [0.2, 0.25) is 0 Å². The molecule has 1 fully saturated rings. The first-order valence-electron chi connectivity index (χ1n) is 7.83. The largest absolute Gasteiger partial charge is 0.398 e. The second-order valence-corrected chi connectivity index (χ2v) is 7.00. The van der Waals surface area contributed by atoms with Gasteiger partial charge in [0.15, 0.2) is 0 Å². The fourth-order valence-corrected chi connectivity index (χ4v) is 4.13. The molecule has 4 heteroatoms. The van der Waals surface area contributed by atoms with Crippen molar-refractivity contribution >= 4 is 17.4 Å². The molecule has 3 N–H and O–H groups in total. The molecule has 1 unspecified atom stereocenters. The molecule has 0 amide bonds. The summed E-state index contributed by atoms with van der Waals surface area (Å²) in [5.74, 6) is 1.18. The monoisotopic (exact) mass is 293 g/mol. The lowest BCUT2D eigenvalue weighted by Crippen LogP contribution is -2.34. The van der Waals surface area contributed by atoms with Crippen LogP contribution in [0.5, 0.6) is 0 Å². The minimum absolute atomic E-state index is 0.507. The zero-order valence-corrected chi connectivity index (χ0v) is 13.3. The molecule has 1 saturated carbocycles. The van der Waals surface area contributed by atoms with Crippen molar-refractivity contribution in [2.45, 2.75) is 56.7 Å². The number of thioether (sulfide) groups is 1. The number of hydrogen-bond donors (Lipinski definition) is 2. The number of anilines is 1. The van der Waals surface area contributed by atoms with Gasteiger partial charge in [0.25, 0.3) is 0 Å². The summed E-state index contributed by atoms with van der Waals surface area (Å²) in [4.78, 5) is 4.20. The molecule has 20 heavy (non-hydrogen) atoms. The smallest absolute Gasteiger partial charge is 0.0378 e. The van der Waals surface area contributed by atoms with E-state index in [1.807, 2.05) is 12.3 Å². The summed E-state index contributed by atoms with van der Waals surface area (Å²) in [6, 6.07) is 2.41. The van der Waals surface area contributed by atoms with Crippen LogP contribution in [-0.4, -0.2) is 28.6 Å². The maximum Gasteiger partial charge on any atom is 0.0378 e. The standard InChI is InChI=1S/C16H27N3S/c1-2-8-19-14(12-20-15-5-3-4-6-15)10-13-11-18-9-7-16(13)17/h7,9,11,14-15,19H,2-6,8,10,12H2,1H3,(H2,17,18). The third-order valence-corrected chi connectivity index (χ3v) is 5.46. The van der Waals surface area contributed by atoms with Gasteiger partial charge in [0, 0.05) is 35.1 Å². The highest BCUT2D eigenvalue weighted by Gasteiger charge is 2.18. The molecule has 0 spiro atoms. The summed E-state index contributed by atoms with van der Waals surface area (Å²) < 4.78 is 0. The highest BCUT2D eigenvalue weighted by Crippen LogP contribution is 2.30. The lowest BCUT2D eigenvalue weighted by atomic mass is 10.1. The summed E-state index contributed by atoms with van der Waals surface area (Å²) in [5.41, 5.74) is 8.09. The zero-order valence-electron chi connectivity index (χ0n) is 12.5. The van der Waals surface area contributed by atoms with Gasteiger partial charge >= 0.3 is 0 Å². The van der Waals surface area contributed by atoms with Crippen molar-refractivity contribution in [3.05, 3.63) is 24.0 Å². The van der Waals surface area contributed by atoms with Gasteiger partial charge in [0.1, 0.15) is 0 Å². The molecule has 3 nitrogen and oxygen atoms in total. The SMILES string of the molecule is CCCNC(CSC1CCCC1)Cc1cnccc1N. The van der Waals surface area contributed by atoms with Gasteiger partial charge in [-0.3, -0.25) is 4.98 Å². The Labute approximate surface area is 127 Å². The van der Waals surface area contributed by atoms with Gasteiger partial charge in [-0.15, -0.1) is 0 Å². The van der Waals surface area contributed by atoms with Crippen molar-refractivity contribution in [2.24, 2.45) is 0 Å². The first kappa shape index (κ1) is 15.6. The van der Waals surface area contributed by atoms with E-state index in [1.54, 1.807) is 6.20 Å². The summed E-state index contributed by atoms with van der Waals surface area (Å²) in [5, 5.41) is 4.55. The van der Waals surface area contributed by atoms with Crippen LogP contribution >= 0.6 is 11.8 Å². The van der Waals surface area contributed by atoms with Gasteiger partial charge in [-0.1, -0.05) is 19.8 Å². The normalized spacial score (nSPS) is 17.4. The molecule has 1 aromatic heterocycles. The first-order valence-corrected chi connectivity index (χ1v) is 8.87. The number of nitrogens with one attached hydrogen (secondary N) is 1. The predicted molar refractivity (Wildman–Crippen MR) is 89.1 cm³/mol. The Bertz CT molecular complexity index is 391. The molecule has 2 rings (SSSR count). The molecule has 1 heterocycles. The summed E-state index contributed by atoms with van der Waals surface area (Å²) in [6.07, 6.45) is 11.5. The van der Waals surface area contributed by atoms with Crippen molar-refractivity contribution in [3.8, 4) is 0 Å². The van der Waals surface area contributed by atoms with E-state index in [1.165, 1.54) is 43.4 Å². The molecular weight excluding hydrogens is 266 g/mol. The average Bonchev–Trinajstić information content (AvgIpc) is 2.97. The third-order valence-electron chi connectivity index (χ3n) is 3.93. The van der Waals surface area contributed by atoms with Crippen molar-refractivity contribution in [1.29, 1.82) is 0 Å². The van der Waals surface area contributed by atoms with Crippen molar-refractivity contribution < 1.29 is 0 Å². The molecule has 0 saturated heterocycles. The number of aromatic nitrogens is 1. The van der Waals surface area contributed by atoms with E-state index in [9.17, 15) is 0 Å². The van der Waals surface area contributed by atoms with Crippen LogP contribution < -0.4 is 11.1 Å². The lowest BCUT2D eigenvalue weighted by molar-refractivity contribution is 0.549. The molecule has 0 radical (unpaired) electrons. The number of pyridine rings is 1. The topological polar surface area (TPSA) is 50.9 Å². The second-order valence-electron chi connectivity index (χ2n) is 5.67. The van der Waals surface area contributed by atoms with Crippen LogP contribution in [0.1, 0.15) is 44.6 Å². The molecule has 0 aromatic carbocycles. The molecule has 112 valence electrons. The van der Waals surface area contributed by atoms with Gasteiger partial charge in [0.05, 0.1) is 0 Å². The van der Waals surface area contributed by atoms with E-state index < -0.39 is 0 Å². The Morgan fingerprint density at radius 1 is 1.45 bits per heavy atom. The van der Waals surface area contributed by atoms with Crippen molar-refractivity contribution in [1.82, 2.24) is 10.3 Å². The minimum Gasteiger partial charge on any atom is -0.398 e. The number of hydrogen-bond acceptors (Lipinski definition) is 4. The Morgan fingerprint density at radius 2 is 2.25 bits per heavy atom. The van der Waals surface area contributed by atoms with E-state index in [0.29, 0.717) is 6.04 Å². The number of rotatable bonds is 8. The van der Waals surface area contributed by atoms with E-state index in [4.69, 9.17) is 5.73 Å². The van der Waals surface area contributed by atoms with E-state index in [2.05, 4.69) is 29.0 Å². The van der Waals surface area contributed by atoms with Gasteiger partial charge in [-0.25, -0.2) is 0 Å². The van der Waals surface area contributed by atoms with E-state index in [0.717, 1.165) is 23.9 Å². The van der Waals surface area contributed by atoms with Crippen LogP contribution in [0.3, 0.4) is 0 Å². The summed E-state index contributed by atoms with van der Waals surface area (Å²) >= 11 is 2.14. The van der Waals surface area contributed by atoms with Crippen LogP contribution in [0.25, 0.3) is 0 Å². The van der Waals surface area contributed by atoms with Gasteiger partial charge < -0.3 is 11.1 Å². The second kappa shape index (κ2) is 8.53.